The highest BCUT2D eigenvalue weighted by Gasteiger charge is 2.18. The van der Waals surface area contributed by atoms with Gasteiger partial charge in [0.25, 0.3) is 6.43 Å². The predicted octanol–water partition coefficient (Wildman–Crippen LogP) is 1.06. The van der Waals surface area contributed by atoms with Gasteiger partial charge in [-0.1, -0.05) is 0 Å². The molecule has 0 aliphatic heterocycles. The largest absolute Gasteiger partial charge is 0.396 e. The van der Waals surface area contributed by atoms with E-state index in [0.717, 1.165) is 6.20 Å². The van der Waals surface area contributed by atoms with Gasteiger partial charge in [0.1, 0.15) is 17.3 Å². The van der Waals surface area contributed by atoms with Crippen LogP contribution in [0, 0.1) is 11.3 Å². The summed E-state index contributed by atoms with van der Waals surface area (Å²) in [5.74, 6) is 0. The molecule has 13 heavy (non-hydrogen) atoms. The van der Waals surface area contributed by atoms with Crippen molar-refractivity contribution in [2.24, 2.45) is 0 Å². The highest BCUT2D eigenvalue weighted by atomic mass is 19.3. The molecule has 0 aliphatic rings. The van der Waals surface area contributed by atoms with Gasteiger partial charge in [0.15, 0.2) is 0 Å². The number of anilines is 2. The molecule has 68 valence electrons. The second-order valence-corrected chi connectivity index (χ2v) is 2.30. The normalized spacial score (nSPS) is 10.0. The lowest BCUT2D eigenvalue weighted by Gasteiger charge is -2.05. The Labute approximate surface area is 72.8 Å². The number of nitrogen functional groups attached to an aromatic ring is 2. The van der Waals surface area contributed by atoms with Crippen molar-refractivity contribution in [3.63, 3.8) is 0 Å². The summed E-state index contributed by atoms with van der Waals surface area (Å²) in [7, 11) is 0. The van der Waals surface area contributed by atoms with E-state index in [1.807, 2.05) is 0 Å². The molecule has 1 rings (SSSR count). The number of rotatable bonds is 1. The molecule has 0 radical (unpaired) electrons. The van der Waals surface area contributed by atoms with Crippen LogP contribution in [0.3, 0.4) is 0 Å². The number of halogens is 2. The van der Waals surface area contributed by atoms with Crippen LogP contribution in [0.15, 0.2) is 6.20 Å². The van der Waals surface area contributed by atoms with Crippen LogP contribution in [0.1, 0.15) is 17.7 Å². The fourth-order valence-corrected chi connectivity index (χ4v) is 0.838. The lowest BCUT2D eigenvalue weighted by Crippen LogP contribution is -2.04. The van der Waals surface area contributed by atoms with Gasteiger partial charge in [0, 0.05) is 0 Å². The number of hydrogen-bond acceptors (Lipinski definition) is 4. The molecule has 0 aromatic carbocycles. The predicted molar refractivity (Wildman–Crippen MR) is 42.7 cm³/mol. The van der Waals surface area contributed by atoms with Gasteiger partial charge < -0.3 is 11.5 Å². The van der Waals surface area contributed by atoms with Crippen molar-refractivity contribution >= 4 is 11.4 Å². The second kappa shape index (κ2) is 3.23. The van der Waals surface area contributed by atoms with Crippen molar-refractivity contribution in [2.45, 2.75) is 6.43 Å². The molecule has 4 N–H and O–H groups in total. The summed E-state index contributed by atoms with van der Waals surface area (Å²) in [6.07, 6.45) is -1.81. The van der Waals surface area contributed by atoms with Gasteiger partial charge >= 0.3 is 0 Å². The van der Waals surface area contributed by atoms with Crippen LogP contribution in [0.2, 0.25) is 0 Å². The Kier molecular flexibility index (Phi) is 2.28. The number of nitriles is 1. The number of aromatic nitrogens is 1. The van der Waals surface area contributed by atoms with Crippen molar-refractivity contribution in [1.82, 2.24) is 4.98 Å². The van der Waals surface area contributed by atoms with Gasteiger partial charge in [0.05, 0.1) is 17.6 Å². The molecule has 0 amide bonds. The first-order chi connectivity index (χ1) is 6.07. The highest BCUT2D eigenvalue weighted by molar-refractivity contribution is 5.70. The third-order valence-corrected chi connectivity index (χ3v) is 1.50. The van der Waals surface area contributed by atoms with E-state index < -0.39 is 12.1 Å². The fraction of sp³-hybridized carbons (Fsp3) is 0.143. The van der Waals surface area contributed by atoms with Crippen LogP contribution in [0.4, 0.5) is 20.2 Å². The van der Waals surface area contributed by atoms with Gasteiger partial charge in [0.2, 0.25) is 0 Å². The van der Waals surface area contributed by atoms with Gasteiger partial charge in [-0.05, 0) is 0 Å². The molecule has 1 aromatic heterocycles. The van der Waals surface area contributed by atoms with Crippen LogP contribution in [-0.4, -0.2) is 4.98 Å². The summed E-state index contributed by atoms with van der Waals surface area (Å²) >= 11 is 0. The van der Waals surface area contributed by atoms with E-state index in [0.29, 0.717) is 0 Å². The summed E-state index contributed by atoms with van der Waals surface area (Å²) in [6, 6.07) is 1.54. The average molecular weight is 184 g/mol. The molecular formula is C7H6F2N4. The van der Waals surface area contributed by atoms with Gasteiger partial charge in [-0.25, -0.2) is 8.78 Å². The quantitative estimate of drug-likeness (QED) is 0.682. The first-order valence-corrected chi connectivity index (χ1v) is 3.30. The minimum Gasteiger partial charge on any atom is -0.396 e. The third kappa shape index (κ3) is 1.49. The number of pyridine rings is 1. The second-order valence-electron chi connectivity index (χ2n) is 2.30. The molecule has 0 atom stereocenters. The van der Waals surface area contributed by atoms with Crippen molar-refractivity contribution in [3.05, 3.63) is 17.5 Å². The molecule has 0 unspecified atom stereocenters. The lowest BCUT2D eigenvalue weighted by molar-refractivity contribution is 0.146. The minimum absolute atomic E-state index is 0.0287. The smallest absolute Gasteiger partial charge is 0.281 e. The summed E-state index contributed by atoms with van der Waals surface area (Å²) in [5.41, 5.74) is 9.49. The molecule has 6 heteroatoms. The number of alkyl halides is 2. The third-order valence-electron chi connectivity index (χ3n) is 1.50. The monoisotopic (exact) mass is 184 g/mol. The van der Waals surface area contributed by atoms with E-state index in [9.17, 15) is 8.78 Å². The van der Waals surface area contributed by atoms with Gasteiger partial charge in [-0.2, -0.15) is 5.26 Å². The van der Waals surface area contributed by atoms with E-state index in [4.69, 9.17) is 16.7 Å². The van der Waals surface area contributed by atoms with Crippen LogP contribution < -0.4 is 11.5 Å². The highest BCUT2D eigenvalue weighted by Crippen LogP contribution is 2.27. The number of nitrogens with zero attached hydrogens (tertiary/aromatic N) is 2. The van der Waals surface area contributed by atoms with E-state index >= 15 is 0 Å². The number of nitrogens with two attached hydrogens (primary N) is 2. The molecule has 0 saturated heterocycles. The molecular weight excluding hydrogens is 178 g/mol. The molecule has 1 aromatic rings. The Hall–Kier alpha value is -1.90. The fourth-order valence-electron chi connectivity index (χ4n) is 0.838. The molecule has 0 spiro atoms. The molecule has 0 aliphatic carbocycles. The van der Waals surface area contributed by atoms with E-state index in [1.165, 1.54) is 6.07 Å². The first kappa shape index (κ1) is 9.19. The zero-order valence-corrected chi connectivity index (χ0v) is 6.46. The van der Waals surface area contributed by atoms with E-state index in [1.54, 1.807) is 0 Å². The van der Waals surface area contributed by atoms with Crippen molar-refractivity contribution in [2.75, 3.05) is 11.5 Å². The maximum absolute atomic E-state index is 12.2. The Morgan fingerprint density at radius 3 is 2.54 bits per heavy atom. The minimum atomic E-state index is -2.82. The Morgan fingerprint density at radius 2 is 2.08 bits per heavy atom. The maximum atomic E-state index is 12.2. The van der Waals surface area contributed by atoms with Crippen molar-refractivity contribution < 1.29 is 8.78 Å². The SMILES string of the molecule is N#Cc1c(C(F)F)ncc(N)c1N. The van der Waals surface area contributed by atoms with E-state index in [2.05, 4.69) is 4.98 Å². The standard InChI is InChI=1S/C7H6F2N4/c8-7(9)6-3(1-10)5(12)4(11)2-13-6/h2,7H,11H2,(H2,12,13). The molecule has 4 nitrogen and oxygen atoms in total. The Bertz CT molecular complexity index is 369. The van der Waals surface area contributed by atoms with Gasteiger partial charge in [-0.3, -0.25) is 4.98 Å². The van der Waals surface area contributed by atoms with Crippen molar-refractivity contribution in [1.29, 1.82) is 5.26 Å². The molecule has 0 bridgehead atoms. The first-order valence-electron chi connectivity index (χ1n) is 3.30. The zero-order valence-electron chi connectivity index (χ0n) is 6.46. The number of hydrogen-bond donors (Lipinski definition) is 2. The summed E-state index contributed by atoms with van der Waals surface area (Å²) in [4.78, 5) is 3.33. The summed E-state index contributed by atoms with van der Waals surface area (Å²) < 4.78 is 24.4. The van der Waals surface area contributed by atoms with E-state index in [-0.39, 0.29) is 16.9 Å². The van der Waals surface area contributed by atoms with Crippen LogP contribution >= 0.6 is 0 Å². The topological polar surface area (TPSA) is 88.7 Å². The zero-order chi connectivity index (χ0) is 10.0. The summed E-state index contributed by atoms with van der Waals surface area (Å²) in [5, 5.41) is 8.51. The lowest BCUT2D eigenvalue weighted by atomic mass is 10.1. The molecule has 1 heterocycles. The Morgan fingerprint density at radius 1 is 1.46 bits per heavy atom. The van der Waals surface area contributed by atoms with Crippen LogP contribution in [0.5, 0.6) is 0 Å². The molecule has 0 saturated carbocycles. The maximum Gasteiger partial charge on any atom is 0.281 e. The van der Waals surface area contributed by atoms with Crippen molar-refractivity contribution in [3.8, 4) is 6.07 Å². The molecule has 0 fully saturated rings. The van der Waals surface area contributed by atoms with Crippen LogP contribution in [-0.2, 0) is 0 Å². The Balaban J connectivity index is 3.41. The van der Waals surface area contributed by atoms with Gasteiger partial charge in [-0.15, -0.1) is 0 Å². The van der Waals surface area contributed by atoms with Crippen LogP contribution in [0.25, 0.3) is 0 Å². The average Bonchev–Trinajstić information content (AvgIpc) is 2.09. The summed E-state index contributed by atoms with van der Waals surface area (Å²) in [6.45, 7) is 0.